The number of nitrogens with one attached hydrogen (secondary N) is 2. The van der Waals surface area contributed by atoms with Gasteiger partial charge in [-0.1, -0.05) is 0 Å². The summed E-state index contributed by atoms with van der Waals surface area (Å²) in [6.07, 6.45) is -5.48. The van der Waals surface area contributed by atoms with Crippen molar-refractivity contribution in [1.82, 2.24) is 5.32 Å². The summed E-state index contributed by atoms with van der Waals surface area (Å²) in [5, 5.41) is 13.2. The number of hydrogen-bond acceptors (Lipinski definition) is 3. The minimum atomic E-state index is -4.35. The Balaban J connectivity index is 2.62. The number of benzene rings is 1. The lowest BCUT2D eigenvalue weighted by Crippen LogP contribution is -2.31. The molecule has 0 aliphatic carbocycles. The highest BCUT2D eigenvalue weighted by Crippen LogP contribution is 2.23. The predicted octanol–water partition coefficient (Wildman–Crippen LogP) is 2.47. The van der Waals surface area contributed by atoms with Crippen molar-refractivity contribution in [2.24, 2.45) is 0 Å². The molecule has 1 aromatic carbocycles. The van der Waals surface area contributed by atoms with Gasteiger partial charge in [0.25, 0.3) is 0 Å². The summed E-state index contributed by atoms with van der Waals surface area (Å²) in [6, 6.07) is 2.94. The van der Waals surface area contributed by atoms with Crippen LogP contribution in [0.15, 0.2) is 18.2 Å². The Bertz CT molecular complexity index is 532. The molecule has 1 rings (SSSR count). The Kier molecular flexibility index (Phi) is 5.39. The van der Waals surface area contributed by atoms with E-state index in [9.17, 15) is 22.8 Å². The smallest absolute Gasteiger partial charge is 0.390 e. The lowest BCUT2D eigenvalue weighted by molar-refractivity contribution is -0.132. The van der Waals surface area contributed by atoms with Crippen molar-refractivity contribution in [2.75, 3.05) is 19.0 Å². The second kappa shape index (κ2) is 6.82. The number of ether oxygens (including phenoxy) is 1. The molecule has 0 bridgehead atoms. The Morgan fingerprint density at radius 2 is 2.00 bits per heavy atom. The van der Waals surface area contributed by atoms with E-state index in [2.05, 4.69) is 5.32 Å². The quantitative estimate of drug-likeness (QED) is 0.780. The second-order valence-corrected chi connectivity index (χ2v) is 3.97. The fraction of sp³-hybridized carbons (Fsp3) is 0.333. The molecule has 9 heteroatoms. The van der Waals surface area contributed by atoms with Gasteiger partial charge in [0.15, 0.2) is 0 Å². The maximum atomic E-state index is 11.9. The summed E-state index contributed by atoms with van der Waals surface area (Å²) in [4.78, 5) is 22.2. The molecule has 0 radical (unpaired) electrons. The van der Waals surface area contributed by atoms with E-state index in [0.29, 0.717) is 0 Å². The van der Waals surface area contributed by atoms with Gasteiger partial charge in [-0.05, 0) is 12.1 Å². The van der Waals surface area contributed by atoms with E-state index in [0.717, 1.165) is 0 Å². The monoisotopic (exact) mass is 306 g/mol. The Morgan fingerprint density at radius 3 is 2.52 bits per heavy atom. The molecule has 0 heterocycles. The van der Waals surface area contributed by atoms with Gasteiger partial charge in [-0.25, -0.2) is 9.59 Å². The van der Waals surface area contributed by atoms with Gasteiger partial charge in [-0.15, -0.1) is 0 Å². The van der Waals surface area contributed by atoms with Crippen LogP contribution in [0.3, 0.4) is 0 Å². The number of amides is 2. The number of aromatic carboxylic acids is 1. The average Bonchev–Trinajstić information content (AvgIpc) is 2.36. The largest absolute Gasteiger partial charge is 0.496 e. The van der Waals surface area contributed by atoms with Gasteiger partial charge >= 0.3 is 18.2 Å². The zero-order chi connectivity index (χ0) is 16.0. The molecular weight excluding hydrogens is 293 g/mol. The third-order valence-corrected chi connectivity index (χ3v) is 2.38. The minimum Gasteiger partial charge on any atom is -0.496 e. The van der Waals surface area contributed by atoms with Gasteiger partial charge in [0.1, 0.15) is 11.3 Å². The predicted molar refractivity (Wildman–Crippen MR) is 67.6 cm³/mol. The molecule has 0 unspecified atom stereocenters. The van der Waals surface area contributed by atoms with Gasteiger partial charge in [-0.3, -0.25) is 0 Å². The van der Waals surface area contributed by atoms with Crippen molar-refractivity contribution in [3.63, 3.8) is 0 Å². The van der Waals surface area contributed by atoms with Gasteiger partial charge in [0.05, 0.1) is 13.5 Å². The first kappa shape index (κ1) is 16.6. The molecule has 0 aliphatic rings. The molecular formula is C12H13F3N2O4. The second-order valence-electron chi connectivity index (χ2n) is 3.97. The molecule has 0 fully saturated rings. The number of methoxy groups -OCH3 is 1. The van der Waals surface area contributed by atoms with E-state index in [-0.39, 0.29) is 17.0 Å². The molecule has 0 saturated carbocycles. The molecule has 2 amide bonds. The van der Waals surface area contributed by atoms with Crippen LogP contribution in [0, 0.1) is 0 Å². The van der Waals surface area contributed by atoms with Crippen LogP contribution in [0.2, 0.25) is 0 Å². The van der Waals surface area contributed by atoms with E-state index < -0.39 is 31.1 Å². The summed E-state index contributed by atoms with van der Waals surface area (Å²) in [5.41, 5.74) is 0.0990. The van der Waals surface area contributed by atoms with Gasteiger partial charge in [0, 0.05) is 18.3 Å². The number of carbonyl (C=O) groups is 2. The topological polar surface area (TPSA) is 87.7 Å². The number of rotatable bonds is 5. The first-order valence-electron chi connectivity index (χ1n) is 5.76. The Morgan fingerprint density at radius 1 is 1.33 bits per heavy atom. The first-order chi connectivity index (χ1) is 9.73. The first-order valence-corrected chi connectivity index (χ1v) is 5.76. The number of anilines is 1. The maximum absolute atomic E-state index is 11.9. The van der Waals surface area contributed by atoms with E-state index in [4.69, 9.17) is 9.84 Å². The van der Waals surface area contributed by atoms with Crippen molar-refractivity contribution >= 4 is 17.7 Å². The number of carbonyl (C=O) groups excluding carboxylic acids is 1. The number of halogens is 3. The Hall–Kier alpha value is -2.45. The van der Waals surface area contributed by atoms with Crippen LogP contribution < -0.4 is 15.4 Å². The molecule has 6 nitrogen and oxygen atoms in total. The average molecular weight is 306 g/mol. The van der Waals surface area contributed by atoms with Crippen molar-refractivity contribution in [1.29, 1.82) is 0 Å². The number of carboxylic acids is 1. The van der Waals surface area contributed by atoms with Crippen LogP contribution in [-0.4, -0.2) is 36.9 Å². The molecule has 0 aliphatic heterocycles. The van der Waals surface area contributed by atoms with E-state index in [1.54, 1.807) is 0 Å². The van der Waals surface area contributed by atoms with Crippen LogP contribution in [-0.2, 0) is 0 Å². The molecule has 116 valence electrons. The van der Waals surface area contributed by atoms with Crippen molar-refractivity contribution in [2.45, 2.75) is 12.6 Å². The lowest BCUT2D eigenvalue weighted by atomic mass is 10.2. The zero-order valence-electron chi connectivity index (χ0n) is 11.0. The summed E-state index contributed by atoms with van der Waals surface area (Å²) < 4.78 is 40.6. The maximum Gasteiger partial charge on any atom is 0.390 e. The Labute approximate surface area is 117 Å². The third-order valence-electron chi connectivity index (χ3n) is 2.38. The summed E-state index contributed by atoms with van der Waals surface area (Å²) in [7, 11) is 1.26. The summed E-state index contributed by atoms with van der Waals surface area (Å²) in [5.74, 6) is -1.18. The van der Waals surface area contributed by atoms with Crippen LogP contribution in [0.4, 0.5) is 23.7 Å². The number of hydrogen-bond donors (Lipinski definition) is 3. The standard InChI is InChI=1S/C12H13F3N2O4/c1-21-9-6-7(2-3-8(9)10(18)19)17-11(20)16-5-4-12(13,14)15/h2-3,6H,4-5H2,1H3,(H,18,19)(H2,16,17,20). The van der Waals surface area contributed by atoms with Crippen LogP contribution in [0.5, 0.6) is 5.75 Å². The summed E-state index contributed by atoms with van der Waals surface area (Å²) in [6.45, 7) is -0.556. The molecule has 3 N–H and O–H groups in total. The minimum absolute atomic E-state index is 0.0237. The van der Waals surface area contributed by atoms with E-state index in [1.165, 1.54) is 25.3 Å². The highest BCUT2D eigenvalue weighted by molar-refractivity contribution is 5.94. The van der Waals surface area contributed by atoms with Crippen LogP contribution in [0.1, 0.15) is 16.8 Å². The SMILES string of the molecule is COc1cc(NC(=O)NCCC(F)(F)F)ccc1C(=O)O. The number of alkyl halides is 3. The third kappa shape index (κ3) is 5.59. The highest BCUT2D eigenvalue weighted by Gasteiger charge is 2.26. The molecule has 0 atom stereocenters. The fourth-order valence-corrected chi connectivity index (χ4v) is 1.44. The van der Waals surface area contributed by atoms with Crippen LogP contribution >= 0.6 is 0 Å². The summed E-state index contributed by atoms with van der Waals surface area (Å²) >= 11 is 0. The van der Waals surface area contributed by atoms with Crippen molar-refractivity contribution < 1.29 is 32.6 Å². The number of carboxylic acid groups (broad SMARTS) is 1. The normalized spacial score (nSPS) is 10.9. The van der Waals surface area contributed by atoms with Crippen molar-refractivity contribution in [3.05, 3.63) is 23.8 Å². The molecule has 0 aromatic heterocycles. The van der Waals surface area contributed by atoms with Crippen LogP contribution in [0.25, 0.3) is 0 Å². The highest BCUT2D eigenvalue weighted by atomic mass is 19.4. The van der Waals surface area contributed by atoms with Gasteiger partial charge in [-0.2, -0.15) is 13.2 Å². The molecule has 1 aromatic rings. The zero-order valence-corrected chi connectivity index (χ0v) is 11.0. The van der Waals surface area contributed by atoms with E-state index in [1.807, 2.05) is 5.32 Å². The van der Waals surface area contributed by atoms with Gasteiger partial charge < -0.3 is 20.5 Å². The lowest BCUT2D eigenvalue weighted by Gasteiger charge is -2.11. The van der Waals surface area contributed by atoms with E-state index >= 15 is 0 Å². The number of urea groups is 1. The van der Waals surface area contributed by atoms with Crippen molar-refractivity contribution in [3.8, 4) is 5.75 Å². The molecule has 0 saturated heterocycles. The fourth-order valence-electron chi connectivity index (χ4n) is 1.44. The molecule has 0 spiro atoms. The van der Waals surface area contributed by atoms with Gasteiger partial charge in [0.2, 0.25) is 0 Å². The molecule has 21 heavy (non-hydrogen) atoms.